The third-order valence-corrected chi connectivity index (χ3v) is 2.20. The van der Waals surface area contributed by atoms with Gasteiger partial charge in [0.25, 0.3) is 0 Å². The summed E-state index contributed by atoms with van der Waals surface area (Å²) in [4.78, 5) is 29.8. The lowest BCUT2D eigenvalue weighted by atomic mass is 10.3. The number of carbonyl (C=O) groups excluding carboxylic acids is 2. The van der Waals surface area contributed by atoms with Gasteiger partial charge in [0.1, 0.15) is 17.8 Å². The lowest BCUT2D eigenvalue weighted by Crippen LogP contribution is -2.04. The summed E-state index contributed by atoms with van der Waals surface area (Å²) in [6.45, 7) is 0. The summed E-state index contributed by atoms with van der Waals surface area (Å²) in [5.74, 6) is 0.0579. The van der Waals surface area contributed by atoms with Crippen molar-refractivity contribution in [3.05, 3.63) is 42.1 Å². The highest BCUT2D eigenvalue weighted by molar-refractivity contribution is 5.89. The number of methoxy groups -OCH3 is 1. The largest absolute Gasteiger partial charge is 0.465 e. The first-order valence-electron chi connectivity index (χ1n) is 4.78. The van der Waals surface area contributed by atoms with Crippen LogP contribution in [-0.2, 0) is 4.74 Å². The average molecular weight is 231 g/mol. The lowest BCUT2D eigenvalue weighted by Gasteiger charge is -2.03. The Kier molecular flexibility index (Phi) is 2.95. The van der Waals surface area contributed by atoms with Crippen LogP contribution in [0.25, 0.3) is 5.82 Å². The highest BCUT2D eigenvalue weighted by atomic mass is 16.5. The third kappa shape index (κ3) is 2.05. The molecule has 6 nitrogen and oxygen atoms in total. The van der Waals surface area contributed by atoms with Gasteiger partial charge in [0.2, 0.25) is 0 Å². The van der Waals surface area contributed by atoms with Crippen molar-refractivity contribution in [3.8, 4) is 5.82 Å². The van der Waals surface area contributed by atoms with E-state index in [1.165, 1.54) is 30.4 Å². The van der Waals surface area contributed by atoms with Crippen LogP contribution in [0.15, 0.2) is 30.9 Å². The van der Waals surface area contributed by atoms with Crippen LogP contribution >= 0.6 is 0 Å². The number of ether oxygens (including phenoxy) is 1. The maximum absolute atomic E-state index is 11.2. The molecule has 2 aromatic rings. The van der Waals surface area contributed by atoms with Gasteiger partial charge in [-0.15, -0.1) is 0 Å². The van der Waals surface area contributed by atoms with E-state index >= 15 is 0 Å². The molecular weight excluding hydrogens is 222 g/mol. The Morgan fingerprint density at radius 2 is 2.24 bits per heavy atom. The predicted octanol–water partition coefficient (Wildman–Crippen LogP) is 0.866. The van der Waals surface area contributed by atoms with Crippen molar-refractivity contribution in [1.29, 1.82) is 0 Å². The Morgan fingerprint density at radius 1 is 1.41 bits per heavy atom. The van der Waals surface area contributed by atoms with Gasteiger partial charge in [-0.25, -0.2) is 14.8 Å². The van der Waals surface area contributed by atoms with E-state index < -0.39 is 5.97 Å². The number of carbonyl (C=O) groups is 2. The standard InChI is InChI=1S/C11H9N3O3/c1-17-11(16)8-2-3-10(13-4-8)14-7-12-5-9(14)6-15/h2-7H,1H3. The summed E-state index contributed by atoms with van der Waals surface area (Å²) in [6, 6.07) is 3.18. The van der Waals surface area contributed by atoms with Crippen LogP contribution in [-0.4, -0.2) is 33.9 Å². The summed E-state index contributed by atoms with van der Waals surface area (Å²) in [7, 11) is 1.30. The molecule has 17 heavy (non-hydrogen) atoms. The summed E-state index contributed by atoms with van der Waals surface area (Å²) < 4.78 is 6.08. The molecule has 0 unspecified atom stereocenters. The molecule has 2 aromatic heterocycles. The van der Waals surface area contributed by atoms with Crippen molar-refractivity contribution in [2.24, 2.45) is 0 Å². The highest BCUT2D eigenvalue weighted by Crippen LogP contribution is 2.08. The molecule has 0 saturated heterocycles. The number of aldehydes is 1. The van der Waals surface area contributed by atoms with E-state index in [1.54, 1.807) is 12.1 Å². The van der Waals surface area contributed by atoms with Gasteiger partial charge in [0.05, 0.1) is 18.9 Å². The number of pyridine rings is 1. The number of nitrogens with zero attached hydrogens (tertiary/aromatic N) is 3. The number of imidazole rings is 1. The Labute approximate surface area is 96.9 Å². The number of esters is 1. The van der Waals surface area contributed by atoms with Crippen molar-refractivity contribution in [3.63, 3.8) is 0 Å². The van der Waals surface area contributed by atoms with Gasteiger partial charge in [0.15, 0.2) is 6.29 Å². The predicted molar refractivity (Wildman–Crippen MR) is 58.1 cm³/mol. The quantitative estimate of drug-likeness (QED) is 0.578. The minimum absolute atomic E-state index is 0.351. The van der Waals surface area contributed by atoms with Gasteiger partial charge < -0.3 is 4.74 Å². The molecule has 0 aliphatic carbocycles. The molecule has 0 aliphatic rings. The zero-order chi connectivity index (χ0) is 12.3. The van der Waals surface area contributed by atoms with Crippen LogP contribution in [0.5, 0.6) is 0 Å². The minimum atomic E-state index is -0.453. The van der Waals surface area contributed by atoms with Crippen LogP contribution in [0.4, 0.5) is 0 Å². The van der Waals surface area contributed by atoms with E-state index in [2.05, 4.69) is 14.7 Å². The number of hydrogen-bond donors (Lipinski definition) is 0. The Balaban J connectivity index is 2.36. The van der Waals surface area contributed by atoms with Crippen LogP contribution in [0.2, 0.25) is 0 Å². The summed E-state index contributed by atoms with van der Waals surface area (Å²) in [6.07, 6.45) is 4.98. The van der Waals surface area contributed by atoms with Crippen molar-refractivity contribution >= 4 is 12.3 Å². The zero-order valence-electron chi connectivity index (χ0n) is 9.03. The average Bonchev–Trinajstić information content (AvgIpc) is 2.86. The van der Waals surface area contributed by atoms with Gasteiger partial charge in [-0.1, -0.05) is 0 Å². The molecule has 6 heteroatoms. The van der Waals surface area contributed by atoms with Gasteiger partial charge in [-0.3, -0.25) is 9.36 Å². The number of hydrogen-bond acceptors (Lipinski definition) is 5. The summed E-state index contributed by atoms with van der Waals surface area (Å²) in [5, 5.41) is 0. The fraction of sp³-hybridized carbons (Fsp3) is 0.0909. The molecule has 86 valence electrons. The third-order valence-electron chi connectivity index (χ3n) is 2.20. The SMILES string of the molecule is COC(=O)c1ccc(-n2cncc2C=O)nc1. The zero-order valence-corrected chi connectivity index (χ0v) is 9.03. The molecule has 0 bridgehead atoms. The Bertz CT molecular complexity index is 545. The van der Waals surface area contributed by atoms with Crippen LogP contribution < -0.4 is 0 Å². The van der Waals surface area contributed by atoms with Crippen LogP contribution in [0.3, 0.4) is 0 Å². The maximum Gasteiger partial charge on any atom is 0.339 e. The highest BCUT2D eigenvalue weighted by Gasteiger charge is 2.08. The molecule has 0 saturated carbocycles. The molecular formula is C11H9N3O3. The van der Waals surface area contributed by atoms with Gasteiger partial charge in [-0.05, 0) is 12.1 Å². The van der Waals surface area contributed by atoms with Crippen molar-refractivity contribution in [2.75, 3.05) is 7.11 Å². The number of aromatic nitrogens is 3. The molecule has 0 spiro atoms. The summed E-state index contributed by atoms with van der Waals surface area (Å²) >= 11 is 0. The molecule has 0 amide bonds. The monoisotopic (exact) mass is 231 g/mol. The Hall–Kier alpha value is -2.50. The van der Waals surface area contributed by atoms with E-state index in [1.807, 2.05) is 0 Å². The lowest BCUT2D eigenvalue weighted by molar-refractivity contribution is 0.0600. The van der Waals surface area contributed by atoms with E-state index in [-0.39, 0.29) is 0 Å². The fourth-order valence-corrected chi connectivity index (χ4v) is 1.35. The topological polar surface area (TPSA) is 74.1 Å². The van der Waals surface area contributed by atoms with Gasteiger partial charge in [0, 0.05) is 6.20 Å². The number of rotatable bonds is 3. The molecule has 2 rings (SSSR count). The second-order valence-electron chi connectivity index (χ2n) is 3.20. The molecule has 0 fully saturated rings. The van der Waals surface area contributed by atoms with Crippen molar-refractivity contribution in [1.82, 2.24) is 14.5 Å². The van der Waals surface area contributed by atoms with E-state index in [4.69, 9.17) is 0 Å². The van der Waals surface area contributed by atoms with Crippen LogP contribution in [0.1, 0.15) is 20.8 Å². The molecule has 0 atom stereocenters. The minimum Gasteiger partial charge on any atom is -0.465 e. The second-order valence-corrected chi connectivity index (χ2v) is 3.20. The maximum atomic E-state index is 11.2. The van der Waals surface area contributed by atoms with Crippen molar-refractivity contribution < 1.29 is 14.3 Å². The second kappa shape index (κ2) is 4.56. The molecule has 0 aliphatic heterocycles. The normalized spacial score (nSPS) is 9.94. The smallest absolute Gasteiger partial charge is 0.339 e. The van der Waals surface area contributed by atoms with Crippen LogP contribution in [0, 0.1) is 0 Å². The summed E-state index contributed by atoms with van der Waals surface area (Å²) in [5.41, 5.74) is 0.743. The van der Waals surface area contributed by atoms with Gasteiger partial charge in [-0.2, -0.15) is 0 Å². The molecule has 0 aromatic carbocycles. The van der Waals surface area contributed by atoms with E-state index in [0.717, 1.165) is 0 Å². The molecule has 0 N–H and O–H groups in total. The molecule has 0 radical (unpaired) electrons. The van der Waals surface area contributed by atoms with Crippen molar-refractivity contribution in [2.45, 2.75) is 0 Å². The fourth-order valence-electron chi connectivity index (χ4n) is 1.35. The first-order chi connectivity index (χ1) is 8.26. The Morgan fingerprint density at radius 3 is 2.82 bits per heavy atom. The first kappa shape index (κ1) is 11.0. The van der Waals surface area contributed by atoms with E-state index in [9.17, 15) is 9.59 Å². The van der Waals surface area contributed by atoms with Gasteiger partial charge >= 0.3 is 5.97 Å². The first-order valence-corrected chi connectivity index (χ1v) is 4.78. The van der Waals surface area contributed by atoms with E-state index in [0.29, 0.717) is 23.4 Å². The molecule has 2 heterocycles.